The summed E-state index contributed by atoms with van der Waals surface area (Å²) in [5.41, 5.74) is 0. The van der Waals surface area contributed by atoms with Crippen molar-refractivity contribution in [3.8, 4) is 0 Å². The van der Waals surface area contributed by atoms with E-state index in [1.54, 1.807) is 0 Å². The topological polar surface area (TPSA) is 95.9 Å². The van der Waals surface area contributed by atoms with Gasteiger partial charge in [-0.2, -0.15) is 0 Å². The first kappa shape index (κ1) is 78.6. The Morgan fingerprint density at radius 3 is 0.887 bits per heavy atom. The highest BCUT2D eigenvalue weighted by Gasteiger charge is 2.20. The van der Waals surface area contributed by atoms with Gasteiger partial charge in [0, 0.05) is 12.8 Å². The molecular formula is C74H145NO5. The number of ether oxygens (including phenoxy) is 1. The Morgan fingerprint density at radius 1 is 0.338 bits per heavy atom. The van der Waals surface area contributed by atoms with Gasteiger partial charge in [0.1, 0.15) is 0 Å². The zero-order chi connectivity index (χ0) is 57.8. The maximum atomic E-state index is 12.6. The molecule has 0 aliphatic heterocycles. The highest BCUT2D eigenvalue weighted by atomic mass is 16.5. The summed E-state index contributed by atoms with van der Waals surface area (Å²) in [5, 5.41) is 23.4. The zero-order valence-electron chi connectivity index (χ0n) is 54.6. The van der Waals surface area contributed by atoms with Crippen molar-refractivity contribution in [3.05, 3.63) is 12.2 Å². The highest BCUT2D eigenvalue weighted by molar-refractivity contribution is 5.76. The lowest BCUT2D eigenvalue weighted by atomic mass is 10.0. The van der Waals surface area contributed by atoms with Gasteiger partial charge in [0.05, 0.1) is 25.4 Å². The standard InChI is InChI=1S/C74H145NO5/c1-3-5-7-9-11-13-15-17-19-21-22-23-24-25-28-31-35-38-42-46-50-54-58-62-66-72(77)71(70-76)75-73(78)67-63-59-55-51-47-43-39-36-32-29-26-27-30-33-37-41-45-49-53-57-61-65-69-80-74(79)68-64-60-56-52-48-44-40-34-20-18-16-14-12-10-8-6-4-2/h29,32,71-72,76-77H,3-28,30-31,33-70H2,1-2H3,(H,75,78)/b32-29-. The number of hydrogen-bond donors (Lipinski definition) is 3. The van der Waals surface area contributed by atoms with Crippen LogP contribution < -0.4 is 5.32 Å². The van der Waals surface area contributed by atoms with Crippen LogP contribution in [0, 0.1) is 0 Å². The van der Waals surface area contributed by atoms with Crippen LogP contribution in [0.1, 0.15) is 425 Å². The Kier molecular flexibility index (Phi) is 68.9. The number of amides is 1. The zero-order valence-corrected chi connectivity index (χ0v) is 54.6. The molecule has 3 N–H and O–H groups in total. The molecule has 0 saturated carbocycles. The minimum absolute atomic E-state index is 0.0154. The summed E-state index contributed by atoms with van der Waals surface area (Å²) >= 11 is 0. The number of allylic oxidation sites excluding steroid dienone is 2. The predicted octanol–water partition coefficient (Wildman–Crippen LogP) is 23.9. The number of esters is 1. The van der Waals surface area contributed by atoms with E-state index in [-0.39, 0.29) is 18.5 Å². The molecule has 0 aliphatic carbocycles. The van der Waals surface area contributed by atoms with Crippen LogP contribution in [0.5, 0.6) is 0 Å². The first-order valence-corrected chi connectivity index (χ1v) is 36.9. The molecule has 0 bridgehead atoms. The number of unbranched alkanes of at least 4 members (excludes halogenated alkanes) is 57. The number of rotatable bonds is 70. The fourth-order valence-electron chi connectivity index (χ4n) is 11.9. The minimum atomic E-state index is -0.670. The number of aliphatic hydroxyl groups is 2. The molecule has 0 rings (SSSR count). The van der Waals surface area contributed by atoms with Crippen LogP contribution >= 0.6 is 0 Å². The fraction of sp³-hybridized carbons (Fsp3) is 0.946. The smallest absolute Gasteiger partial charge is 0.305 e. The summed E-state index contributed by atoms with van der Waals surface area (Å²) < 4.78 is 5.51. The van der Waals surface area contributed by atoms with Crippen molar-refractivity contribution in [3.63, 3.8) is 0 Å². The van der Waals surface area contributed by atoms with Crippen LogP contribution in [0.25, 0.3) is 0 Å². The Labute approximate surface area is 501 Å². The first-order valence-electron chi connectivity index (χ1n) is 36.9. The molecule has 0 saturated heterocycles. The van der Waals surface area contributed by atoms with E-state index in [2.05, 4.69) is 31.3 Å². The lowest BCUT2D eigenvalue weighted by Gasteiger charge is -2.22. The van der Waals surface area contributed by atoms with Gasteiger partial charge < -0.3 is 20.3 Å². The first-order chi connectivity index (χ1) is 39.5. The summed E-state index contributed by atoms with van der Waals surface area (Å²) in [5.74, 6) is -0.0211. The van der Waals surface area contributed by atoms with Crippen molar-refractivity contribution >= 4 is 11.9 Å². The average molecular weight is 1130 g/mol. The molecule has 0 aliphatic rings. The van der Waals surface area contributed by atoms with Crippen molar-refractivity contribution in [2.75, 3.05) is 13.2 Å². The van der Waals surface area contributed by atoms with Crippen molar-refractivity contribution in [2.24, 2.45) is 0 Å². The van der Waals surface area contributed by atoms with Gasteiger partial charge in [0.25, 0.3) is 0 Å². The van der Waals surface area contributed by atoms with Gasteiger partial charge in [-0.1, -0.05) is 373 Å². The van der Waals surface area contributed by atoms with Crippen LogP contribution in [-0.4, -0.2) is 47.4 Å². The number of nitrogens with one attached hydrogen (secondary N) is 1. The van der Waals surface area contributed by atoms with E-state index in [9.17, 15) is 19.8 Å². The number of carbonyl (C=O) groups is 2. The maximum Gasteiger partial charge on any atom is 0.305 e. The normalized spacial score (nSPS) is 12.5. The number of hydrogen-bond acceptors (Lipinski definition) is 5. The summed E-state index contributed by atoms with van der Waals surface area (Å²) in [6, 6.07) is -0.547. The molecule has 0 spiro atoms. The van der Waals surface area contributed by atoms with E-state index in [1.807, 2.05) is 0 Å². The summed E-state index contributed by atoms with van der Waals surface area (Å²) in [6.45, 7) is 5.00. The van der Waals surface area contributed by atoms with E-state index in [0.29, 0.717) is 25.9 Å². The van der Waals surface area contributed by atoms with E-state index >= 15 is 0 Å². The van der Waals surface area contributed by atoms with Crippen molar-refractivity contribution < 1.29 is 24.5 Å². The van der Waals surface area contributed by atoms with Gasteiger partial charge >= 0.3 is 5.97 Å². The van der Waals surface area contributed by atoms with Crippen LogP contribution in [0.15, 0.2) is 12.2 Å². The van der Waals surface area contributed by atoms with E-state index in [4.69, 9.17) is 4.74 Å². The van der Waals surface area contributed by atoms with Crippen LogP contribution in [0.2, 0.25) is 0 Å². The Hall–Kier alpha value is -1.40. The van der Waals surface area contributed by atoms with Crippen LogP contribution in [-0.2, 0) is 14.3 Å². The van der Waals surface area contributed by atoms with Gasteiger partial charge in [0.2, 0.25) is 5.91 Å². The van der Waals surface area contributed by atoms with Crippen molar-refractivity contribution in [2.45, 2.75) is 437 Å². The Morgan fingerprint density at radius 2 is 0.588 bits per heavy atom. The molecule has 0 fully saturated rings. The van der Waals surface area contributed by atoms with Gasteiger partial charge in [-0.25, -0.2) is 0 Å². The third-order valence-electron chi connectivity index (χ3n) is 17.6. The fourth-order valence-corrected chi connectivity index (χ4v) is 11.9. The second-order valence-corrected chi connectivity index (χ2v) is 25.6. The SMILES string of the molecule is CCCCCCCCCCCCCCCCCCCCCCCCCCC(O)C(CO)NC(=O)CCCCCCCCC/C=C\CCCCCCCCCCCCCOC(=O)CCCCCCCCCCCCCCCCCCC. The molecule has 1 amide bonds. The Bertz CT molecular complexity index is 1210. The summed E-state index contributed by atoms with van der Waals surface area (Å²) in [4.78, 5) is 24.7. The predicted molar refractivity (Wildman–Crippen MR) is 352 cm³/mol. The molecule has 476 valence electrons. The van der Waals surface area contributed by atoms with Gasteiger partial charge in [-0.05, 0) is 51.4 Å². The average Bonchev–Trinajstić information content (AvgIpc) is 3.46. The second-order valence-electron chi connectivity index (χ2n) is 25.6. The highest BCUT2D eigenvalue weighted by Crippen LogP contribution is 2.20. The molecule has 0 heterocycles. The number of carbonyl (C=O) groups excluding carboxylic acids is 2. The molecule has 2 atom stereocenters. The van der Waals surface area contributed by atoms with Crippen molar-refractivity contribution in [1.29, 1.82) is 0 Å². The maximum absolute atomic E-state index is 12.6. The molecule has 0 aromatic heterocycles. The monoisotopic (exact) mass is 1130 g/mol. The van der Waals surface area contributed by atoms with E-state index in [0.717, 1.165) is 38.5 Å². The molecule has 6 nitrogen and oxygen atoms in total. The largest absolute Gasteiger partial charge is 0.466 e. The number of aliphatic hydroxyl groups excluding tert-OH is 2. The Balaban J connectivity index is 3.39. The third-order valence-corrected chi connectivity index (χ3v) is 17.6. The lowest BCUT2D eigenvalue weighted by molar-refractivity contribution is -0.143. The molecule has 2 unspecified atom stereocenters. The van der Waals surface area contributed by atoms with E-state index < -0.39 is 12.1 Å². The minimum Gasteiger partial charge on any atom is -0.466 e. The molecule has 80 heavy (non-hydrogen) atoms. The summed E-state index contributed by atoms with van der Waals surface area (Å²) in [7, 11) is 0. The molecule has 0 aromatic carbocycles. The molecule has 6 heteroatoms. The van der Waals surface area contributed by atoms with E-state index in [1.165, 1.54) is 353 Å². The molecular weight excluding hydrogens is 983 g/mol. The molecule has 0 radical (unpaired) electrons. The third kappa shape index (κ3) is 65.7. The second kappa shape index (κ2) is 70.1. The summed E-state index contributed by atoms with van der Waals surface area (Å²) in [6.07, 6.45) is 87.0. The molecule has 0 aromatic rings. The van der Waals surface area contributed by atoms with Crippen LogP contribution in [0.4, 0.5) is 0 Å². The van der Waals surface area contributed by atoms with Crippen LogP contribution in [0.3, 0.4) is 0 Å². The van der Waals surface area contributed by atoms with Gasteiger partial charge in [-0.15, -0.1) is 0 Å². The van der Waals surface area contributed by atoms with Gasteiger partial charge in [0.15, 0.2) is 0 Å². The quantitative estimate of drug-likeness (QED) is 0.0320. The van der Waals surface area contributed by atoms with Crippen molar-refractivity contribution in [1.82, 2.24) is 5.32 Å². The lowest BCUT2D eigenvalue weighted by Crippen LogP contribution is -2.45. The van der Waals surface area contributed by atoms with Gasteiger partial charge in [-0.3, -0.25) is 9.59 Å².